The van der Waals surface area contributed by atoms with E-state index in [1.54, 1.807) is 0 Å². The molecule has 2 heteroatoms. The molecule has 1 fully saturated rings. The highest BCUT2D eigenvalue weighted by Crippen LogP contribution is 2.40. The minimum atomic E-state index is 0.307. The van der Waals surface area contributed by atoms with Gasteiger partial charge in [0.25, 0.3) is 0 Å². The minimum Gasteiger partial charge on any atom is -0.493 e. The third kappa shape index (κ3) is 3.47. The highest BCUT2D eigenvalue weighted by Gasteiger charge is 2.33. The highest BCUT2D eigenvalue weighted by molar-refractivity contribution is 7.80. The maximum Gasteiger partial charge on any atom is 0.123 e. The van der Waals surface area contributed by atoms with Crippen LogP contribution in [0.15, 0.2) is 18.2 Å². The van der Waals surface area contributed by atoms with Gasteiger partial charge in [-0.1, -0.05) is 38.8 Å². The van der Waals surface area contributed by atoms with Crippen molar-refractivity contribution >= 4 is 12.6 Å². The zero-order valence-corrected chi connectivity index (χ0v) is 13.3. The summed E-state index contributed by atoms with van der Waals surface area (Å²) in [6.45, 7) is 7.39. The molecule has 1 aromatic rings. The molecule has 19 heavy (non-hydrogen) atoms. The molecule has 0 saturated heterocycles. The second-order valence-electron chi connectivity index (χ2n) is 6.35. The van der Waals surface area contributed by atoms with Gasteiger partial charge in [-0.15, -0.1) is 0 Å². The average molecular weight is 278 g/mol. The van der Waals surface area contributed by atoms with Gasteiger partial charge in [0.15, 0.2) is 0 Å². The van der Waals surface area contributed by atoms with Gasteiger partial charge < -0.3 is 4.74 Å². The topological polar surface area (TPSA) is 9.23 Å². The number of ether oxygens (including phenoxy) is 1. The third-order valence-electron chi connectivity index (χ3n) is 4.32. The van der Waals surface area contributed by atoms with E-state index in [9.17, 15) is 0 Å². The SMILES string of the molecule is Cc1ccc(C(C)C)c(OCC2(CS)CCCC2)c1. The Morgan fingerprint density at radius 3 is 2.53 bits per heavy atom. The first-order chi connectivity index (χ1) is 9.06. The van der Waals surface area contributed by atoms with Gasteiger partial charge in [0.2, 0.25) is 0 Å². The van der Waals surface area contributed by atoms with Crippen molar-refractivity contribution in [2.24, 2.45) is 5.41 Å². The lowest BCUT2D eigenvalue weighted by Gasteiger charge is -2.28. The summed E-state index contributed by atoms with van der Waals surface area (Å²) < 4.78 is 6.21. The van der Waals surface area contributed by atoms with Gasteiger partial charge in [-0.2, -0.15) is 12.6 Å². The molecule has 1 aromatic carbocycles. The van der Waals surface area contributed by atoms with Gasteiger partial charge in [0.05, 0.1) is 6.61 Å². The third-order valence-corrected chi connectivity index (χ3v) is 5.00. The summed E-state index contributed by atoms with van der Waals surface area (Å²) >= 11 is 4.55. The van der Waals surface area contributed by atoms with Crippen molar-refractivity contribution in [1.82, 2.24) is 0 Å². The Hall–Kier alpha value is -0.630. The number of hydrogen-bond acceptors (Lipinski definition) is 2. The van der Waals surface area contributed by atoms with Gasteiger partial charge >= 0.3 is 0 Å². The Bertz CT molecular complexity index is 419. The largest absolute Gasteiger partial charge is 0.493 e. The van der Waals surface area contributed by atoms with Crippen molar-refractivity contribution in [1.29, 1.82) is 0 Å². The highest BCUT2D eigenvalue weighted by atomic mass is 32.1. The van der Waals surface area contributed by atoms with Crippen molar-refractivity contribution in [3.8, 4) is 5.75 Å². The van der Waals surface area contributed by atoms with Crippen molar-refractivity contribution in [3.63, 3.8) is 0 Å². The van der Waals surface area contributed by atoms with Gasteiger partial charge in [0.1, 0.15) is 5.75 Å². The van der Waals surface area contributed by atoms with Crippen molar-refractivity contribution < 1.29 is 4.74 Å². The molecule has 0 amide bonds. The monoisotopic (exact) mass is 278 g/mol. The zero-order chi connectivity index (χ0) is 13.9. The van der Waals surface area contributed by atoms with E-state index in [4.69, 9.17) is 4.74 Å². The van der Waals surface area contributed by atoms with E-state index in [0.717, 1.165) is 18.1 Å². The van der Waals surface area contributed by atoms with E-state index in [-0.39, 0.29) is 0 Å². The summed E-state index contributed by atoms with van der Waals surface area (Å²) in [5, 5.41) is 0. The number of benzene rings is 1. The maximum absolute atomic E-state index is 6.21. The summed E-state index contributed by atoms with van der Waals surface area (Å²) in [4.78, 5) is 0. The fourth-order valence-electron chi connectivity index (χ4n) is 2.95. The molecule has 0 heterocycles. The van der Waals surface area contributed by atoms with Crippen LogP contribution in [0.2, 0.25) is 0 Å². The molecule has 0 N–H and O–H groups in total. The minimum absolute atomic E-state index is 0.307. The average Bonchev–Trinajstić information content (AvgIpc) is 2.85. The van der Waals surface area contributed by atoms with Crippen LogP contribution in [0, 0.1) is 12.3 Å². The number of aryl methyl sites for hydroxylation is 1. The summed E-state index contributed by atoms with van der Waals surface area (Å²) in [5.74, 6) is 2.52. The molecule has 0 atom stereocenters. The smallest absolute Gasteiger partial charge is 0.123 e. The maximum atomic E-state index is 6.21. The molecule has 2 rings (SSSR count). The lowest BCUT2D eigenvalue weighted by Crippen LogP contribution is -2.27. The second-order valence-corrected chi connectivity index (χ2v) is 6.67. The first kappa shape index (κ1) is 14.8. The number of hydrogen-bond donors (Lipinski definition) is 1. The summed E-state index contributed by atoms with van der Waals surface area (Å²) in [6, 6.07) is 6.56. The van der Waals surface area contributed by atoms with Crippen LogP contribution < -0.4 is 4.74 Å². The van der Waals surface area contributed by atoms with Gasteiger partial charge in [-0.25, -0.2) is 0 Å². The van der Waals surface area contributed by atoms with Crippen LogP contribution in [-0.2, 0) is 0 Å². The zero-order valence-electron chi connectivity index (χ0n) is 12.4. The Morgan fingerprint density at radius 1 is 1.26 bits per heavy atom. The molecule has 1 aliphatic rings. The lowest BCUT2D eigenvalue weighted by molar-refractivity contribution is 0.171. The number of thiol groups is 1. The van der Waals surface area contributed by atoms with E-state index >= 15 is 0 Å². The van der Waals surface area contributed by atoms with Crippen LogP contribution in [0.1, 0.15) is 56.6 Å². The molecular formula is C17H26OS. The summed E-state index contributed by atoms with van der Waals surface area (Å²) in [7, 11) is 0. The van der Waals surface area contributed by atoms with Crippen LogP contribution in [-0.4, -0.2) is 12.4 Å². The number of rotatable bonds is 5. The molecule has 0 spiro atoms. The Labute approximate surface area is 123 Å². The van der Waals surface area contributed by atoms with Crippen LogP contribution in [0.4, 0.5) is 0 Å². The van der Waals surface area contributed by atoms with E-state index in [0.29, 0.717) is 11.3 Å². The van der Waals surface area contributed by atoms with Crippen LogP contribution in [0.3, 0.4) is 0 Å². The van der Waals surface area contributed by atoms with Gasteiger partial charge in [0, 0.05) is 5.41 Å². The van der Waals surface area contributed by atoms with E-state index in [2.05, 4.69) is 51.6 Å². The van der Waals surface area contributed by atoms with Crippen molar-refractivity contribution in [3.05, 3.63) is 29.3 Å². The standard InChI is InChI=1S/C17H26OS/c1-13(2)15-7-6-14(3)10-16(15)18-11-17(12-19)8-4-5-9-17/h6-7,10,13,19H,4-5,8-9,11-12H2,1-3H3. The van der Waals surface area contributed by atoms with Crippen LogP contribution >= 0.6 is 12.6 Å². The van der Waals surface area contributed by atoms with E-state index in [1.165, 1.54) is 36.8 Å². The fourth-order valence-corrected chi connectivity index (χ4v) is 3.36. The normalized spacial score (nSPS) is 17.9. The Morgan fingerprint density at radius 2 is 1.95 bits per heavy atom. The second kappa shape index (κ2) is 6.21. The molecule has 0 bridgehead atoms. The molecule has 106 valence electrons. The molecule has 1 aliphatic carbocycles. The van der Waals surface area contributed by atoms with E-state index in [1.807, 2.05) is 0 Å². The quantitative estimate of drug-likeness (QED) is 0.747. The lowest BCUT2D eigenvalue weighted by atomic mass is 9.89. The van der Waals surface area contributed by atoms with Gasteiger partial charge in [-0.3, -0.25) is 0 Å². The van der Waals surface area contributed by atoms with Gasteiger partial charge in [-0.05, 0) is 48.6 Å². The first-order valence-corrected chi connectivity index (χ1v) is 8.04. The molecule has 0 aromatic heterocycles. The van der Waals surface area contributed by atoms with Crippen LogP contribution in [0.25, 0.3) is 0 Å². The Balaban J connectivity index is 2.12. The molecular weight excluding hydrogens is 252 g/mol. The molecule has 0 unspecified atom stereocenters. The summed E-state index contributed by atoms with van der Waals surface area (Å²) in [6.07, 6.45) is 5.18. The predicted octanol–water partition coefficient (Wildman–Crippen LogP) is 4.99. The Kier molecular flexibility index (Phi) is 4.83. The summed E-state index contributed by atoms with van der Waals surface area (Å²) in [5.41, 5.74) is 2.89. The fraction of sp³-hybridized carbons (Fsp3) is 0.647. The molecule has 1 nitrogen and oxygen atoms in total. The first-order valence-electron chi connectivity index (χ1n) is 7.40. The molecule has 0 aliphatic heterocycles. The van der Waals surface area contributed by atoms with Crippen LogP contribution in [0.5, 0.6) is 5.75 Å². The molecule has 0 radical (unpaired) electrons. The van der Waals surface area contributed by atoms with Crippen molar-refractivity contribution in [2.45, 2.75) is 52.4 Å². The van der Waals surface area contributed by atoms with E-state index < -0.39 is 0 Å². The predicted molar refractivity (Wildman–Crippen MR) is 85.5 cm³/mol. The van der Waals surface area contributed by atoms with Crippen molar-refractivity contribution in [2.75, 3.05) is 12.4 Å². The molecule has 1 saturated carbocycles.